The van der Waals surface area contributed by atoms with Gasteiger partial charge in [0.2, 0.25) is 0 Å². The molecular weight excluding hydrogens is 356 g/mol. The molecule has 0 aliphatic rings. The summed E-state index contributed by atoms with van der Waals surface area (Å²) in [5.41, 5.74) is 2.71. The number of aromatic nitrogens is 1. The lowest BCUT2D eigenvalue weighted by Gasteiger charge is -2.10. The van der Waals surface area contributed by atoms with Gasteiger partial charge in [0.15, 0.2) is 0 Å². The van der Waals surface area contributed by atoms with Crippen molar-refractivity contribution in [3.63, 3.8) is 0 Å². The van der Waals surface area contributed by atoms with Crippen LogP contribution in [0.15, 0.2) is 52.8 Å². The molecule has 116 valence electrons. The van der Waals surface area contributed by atoms with Crippen LogP contribution in [0.25, 0.3) is 0 Å². The van der Waals surface area contributed by atoms with Gasteiger partial charge in [0.05, 0.1) is 0 Å². The van der Waals surface area contributed by atoms with E-state index in [1.165, 1.54) is 6.20 Å². The fourth-order valence-corrected chi connectivity index (χ4v) is 2.07. The van der Waals surface area contributed by atoms with Crippen molar-refractivity contribution in [2.45, 2.75) is 13.8 Å². The molecule has 0 bridgehead atoms. The number of rotatable bonds is 4. The van der Waals surface area contributed by atoms with Crippen LogP contribution in [0.1, 0.15) is 11.1 Å². The van der Waals surface area contributed by atoms with Gasteiger partial charge in [-0.25, -0.2) is 4.98 Å². The number of nitrogens with one attached hydrogen (secondary N) is 2. The molecule has 0 atom stereocenters. The van der Waals surface area contributed by atoms with E-state index in [0.717, 1.165) is 15.6 Å². The number of nitriles is 1. The van der Waals surface area contributed by atoms with Crippen molar-refractivity contribution in [1.29, 1.82) is 5.26 Å². The second-order valence-electron chi connectivity index (χ2n) is 4.88. The molecule has 1 aromatic heterocycles. The SMILES string of the molecule is Cc1cccc(NC(=O)/C(C#N)=C\Nc2ccc(Br)cn2)c1C. The zero-order valence-corrected chi connectivity index (χ0v) is 14.3. The fourth-order valence-electron chi connectivity index (χ4n) is 1.83. The van der Waals surface area contributed by atoms with Crippen molar-refractivity contribution in [3.8, 4) is 6.07 Å². The van der Waals surface area contributed by atoms with E-state index in [-0.39, 0.29) is 5.57 Å². The number of anilines is 2. The molecule has 2 aromatic rings. The van der Waals surface area contributed by atoms with Crippen molar-refractivity contribution in [2.75, 3.05) is 10.6 Å². The molecule has 23 heavy (non-hydrogen) atoms. The van der Waals surface area contributed by atoms with Gasteiger partial charge < -0.3 is 10.6 Å². The minimum Gasteiger partial charge on any atom is -0.345 e. The number of benzene rings is 1. The van der Waals surface area contributed by atoms with E-state index in [2.05, 4.69) is 31.5 Å². The van der Waals surface area contributed by atoms with Crippen molar-refractivity contribution < 1.29 is 4.79 Å². The summed E-state index contributed by atoms with van der Waals surface area (Å²) in [5, 5.41) is 14.8. The maximum Gasteiger partial charge on any atom is 0.267 e. The largest absolute Gasteiger partial charge is 0.345 e. The molecular formula is C17H15BrN4O. The Kier molecular flexibility index (Phi) is 5.50. The summed E-state index contributed by atoms with van der Waals surface area (Å²) in [7, 11) is 0. The first-order valence-corrected chi connectivity index (χ1v) is 7.66. The Morgan fingerprint density at radius 1 is 1.30 bits per heavy atom. The molecule has 0 fully saturated rings. The van der Waals surface area contributed by atoms with Crippen LogP contribution in [-0.4, -0.2) is 10.9 Å². The summed E-state index contributed by atoms with van der Waals surface area (Å²) in [6.07, 6.45) is 2.97. The monoisotopic (exact) mass is 370 g/mol. The number of nitrogens with zero attached hydrogens (tertiary/aromatic N) is 2. The van der Waals surface area contributed by atoms with Gasteiger partial charge in [-0.15, -0.1) is 0 Å². The zero-order valence-electron chi connectivity index (χ0n) is 12.7. The van der Waals surface area contributed by atoms with Crippen LogP contribution < -0.4 is 10.6 Å². The van der Waals surface area contributed by atoms with Crippen LogP contribution in [0.3, 0.4) is 0 Å². The molecule has 0 saturated carbocycles. The van der Waals surface area contributed by atoms with E-state index in [1.54, 1.807) is 18.3 Å². The number of pyridine rings is 1. The van der Waals surface area contributed by atoms with E-state index in [0.29, 0.717) is 11.5 Å². The van der Waals surface area contributed by atoms with E-state index in [1.807, 2.05) is 38.1 Å². The normalized spacial score (nSPS) is 10.8. The maximum absolute atomic E-state index is 12.2. The van der Waals surface area contributed by atoms with Crippen LogP contribution >= 0.6 is 15.9 Å². The molecule has 0 spiro atoms. The highest BCUT2D eigenvalue weighted by Gasteiger charge is 2.11. The van der Waals surface area contributed by atoms with E-state index < -0.39 is 5.91 Å². The molecule has 0 radical (unpaired) electrons. The highest BCUT2D eigenvalue weighted by atomic mass is 79.9. The Hall–Kier alpha value is -2.65. The van der Waals surface area contributed by atoms with Crippen molar-refractivity contribution in [1.82, 2.24) is 4.98 Å². The molecule has 2 rings (SSSR count). The molecule has 0 unspecified atom stereocenters. The summed E-state index contributed by atoms with van der Waals surface area (Å²) in [6, 6.07) is 11.1. The maximum atomic E-state index is 12.2. The predicted octanol–water partition coefficient (Wildman–Crippen LogP) is 3.92. The van der Waals surface area contributed by atoms with Crippen LogP contribution in [0.2, 0.25) is 0 Å². The van der Waals surface area contributed by atoms with E-state index in [4.69, 9.17) is 0 Å². The van der Waals surface area contributed by atoms with Gasteiger partial charge in [0.1, 0.15) is 17.5 Å². The highest BCUT2D eigenvalue weighted by molar-refractivity contribution is 9.10. The third-order valence-electron chi connectivity index (χ3n) is 3.31. The molecule has 5 nitrogen and oxygen atoms in total. The summed E-state index contributed by atoms with van der Waals surface area (Å²) < 4.78 is 0.847. The lowest BCUT2D eigenvalue weighted by molar-refractivity contribution is -0.112. The first kappa shape index (κ1) is 16.7. The fraction of sp³-hybridized carbons (Fsp3) is 0.118. The van der Waals surface area contributed by atoms with Gasteiger partial charge >= 0.3 is 0 Å². The Labute approximate surface area is 143 Å². The third kappa shape index (κ3) is 4.41. The van der Waals surface area contributed by atoms with Crippen molar-refractivity contribution >= 4 is 33.3 Å². The number of carbonyl (C=O) groups is 1. The highest BCUT2D eigenvalue weighted by Crippen LogP contribution is 2.18. The second kappa shape index (κ2) is 7.56. The molecule has 6 heteroatoms. The first-order chi connectivity index (χ1) is 11.0. The quantitative estimate of drug-likeness (QED) is 0.631. The van der Waals surface area contributed by atoms with E-state index >= 15 is 0 Å². The first-order valence-electron chi connectivity index (χ1n) is 6.87. The number of carbonyl (C=O) groups excluding carboxylic acids is 1. The number of aryl methyl sites for hydroxylation is 1. The summed E-state index contributed by atoms with van der Waals surface area (Å²) >= 11 is 3.29. The Bertz CT molecular complexity index is 791. The summed E-state index contributed by atoms with van der Waals surface area (Å²) in [5.74, 6) is 0.0753. The Morgan fingerprint density at radius 3 is 2.74 bits per heavy atom. The molecule has 0 aliphatic heterocycles. The van der Waals surface area contributed by atoms with Crippen LogP contribution in [-0.2, 0) is 4.79 Å². The van der Waals surface area contributed by atoms with Gasteiger partial charge in [-0.05, 0) is 59.1 Å². The second-order valence-corrected chi connectivity index (χ2v) is 5.79. The van der Waals surface area contributed by atoms with Crippen LogP contribution in [0.5, 0.6) is 0 Å². The average molecular weight is 371 g/mol. The topological polar surface area (TPSA) is 77.8 Å². The van der Waals surface area contributed by atoms with Gasteiger partial charge in [-0.1, -0.05) is 12.1 Å². The standard InChI is InChI=1S/C17H15BrN4O/c1-11-4-3-5-15(12(11)2)22-17(23)13(8-19)9-20-16-7-6-14(18)10-21-16/h3-7,9-10H,1-2H3,(H,20,21)(H,22,23)/b13-9-. The number of hydrogen-bond donors (Lipinski definition) is 2. The predicted molar refractivity (Wildman–Crippen MR) is 93.8 cm³/mol. The molecule has 1 heterocycles. The van der Waals surface area contributed by atoms with Gasteiger partial charge in [-0.3, -0.25) is 4.79 Å². The number of halogens is 1. The van der Waals surface area contributed by atoms with Crippen molar-refractivity contribution in [2.24, 2.45) is 0 Å². The minimum atomic E-state index is -0.467. The lowest BCUT2D eigenvalue weighted by Crippen LogP contribution is -2.15. The van der Waals surface area contributed by atoms with Crippen LogP contribution in [0.4, 0.5) is 11.5 Å². The summed E-state index contributed by atoms with van der Waals surface area (Å²) in [4.78, 5) is 16.3. The van der Waals surface area contributed by atoms with Gasteiger partial charge in [0.25, 0.3) is 5.91 Å². The Balaban J connectivity index is 2.12. The van der Waals surface area contributed by atoms with Crippen molar-refractivity contribution in [3.05, 3.63) is 63.9 Å². The molecule has 1 aromatic carbocycles. The molecule has 2 N–H and O–H groups in total. The average Bonchev–Trinajstić information content (AvgIpc) is 2.54. The number of hydrogen-bond acceptors (Lipinski definition) is 4. The lowest BCUT2D eigenvalue weighted by atomic mass is 10.1. The third-order valence-corrected chi connectivity index (χ3v) is 3.78. The number of amides is 1. The smallest absolute Gasteiger partial charge is 0.267 e. The molecule has 0 saturated heterocycles. The van der Waals surface area contributed by atoms with Crippen LogP contribution in [0, 0.1) is 25.2 Å². The van der Waals surface area contributed by atoms with Gasteiger partial charge in [-0.2, -0.15) is 5.26 Å². The minimum absolute atomic E-state index is 0.0318. The molecule has 1 amide bonds. The summed E-state index contributed by atoms with van der Waals surface area (Å²) in [6.45, 7) is 3.89. The molecule has 0 aliphatic carbocycles. The van der Waals surface area contributed by atoms with Gasteiger partial charge in [0, 0.05) is 22.6 Å². The zero-order chi connectivity index (χ0) is 16.8. The Morgan fingerprint density at radius 2 is 2.09 bits per heavy atom. The van der Waals surface area contributed by atoms with E-state index in [9.17, 15) is 10.1 Å².